The molecule has 1 aromatic carbocycles. The Kier molecular flexibility index (Phi) is 5.98. The van der Waals surface area contributed by atoms with Crippen molar-refractivity contribution in [2.45, 2.75) is 13.0 Å². The van der Waals surface area contributed by atoms with E-state index in [1.54, 1.807) is 0 Å². The molecule has 0 unspecified atom stereocenters. The van der Waals surface area contributed by atoms with Gasteiger partial charge in [-0.3, -0.25) is 4.90 Å². The molecule has 2 rings (SSSR count). The number of urea groups is 1. The maximum atomic E-state index is 12.3. The number of hydrogen-bond acceptors (Lipinski definition) is 4. The van der Waals surface area contributed by atoms with Gasteiger partial charge in [-0.05, 0) is 30.7 Å². The van der Waals surface area contributed by atoms with Crippen LogP contribution < -0.4 is 11.1 Å². The molecule has 0 aliphatic carbocycles. The van der Waals surface area contributed by atoms with Gasteiger partial charge in [0.2, 0.25) is 0 Å². The minimum Gasteiger partial charge on any atom is -0.395 e. The number of aliphatic hydroxyl groups excluding tert-OH is 1. The number of rotatable bonds is 4. The second-order valence-electron chi connectivity index (χ2n) is 5.24. The summed E-state index contributed by atoms with van der Waals surface area (Å²) in [6, 6.07) is 7.52. The predicted molar refractivity (Wildman–Crippen MR) is 83.1 cm³/mol. The van der Waals surface area contributed by atoms with E-state index in [2.05, 4.69) is 10.2 Å². The van der Waals surface area contributed by atoms with E-state index in [9.17, 15) is 4.79 Å². The van der Waals surface area contributed by atoms with Gasteiger partial charge < -0.3 is 21.1 Å². The number of anilines is 1. The van der Waals surface area contributed by atoms with E-state index in [-0.39, 0.29) is 12.6 Å². The average molecular weight is 292 g/mol. The Morgan fingerprint density at radius 1 is 1.29 bits per heavy atom. The fourth-order valence-corrected chi connectivity index (χ4v) is 2.52. The molecule has 116 valence electrons. The Morgan fingerprint density at radius 3 is 2.90 bits per heavy atom. The highest BCUT2D eigenvalue weighted by Crippen LogP contribution is 2.12. The van der Waals surface area contributed by atoms with Crippen molar-refractivity contribution in [3.05, 3.63) is 29.8 Å². The lowest BCUT2D eigenvalue weighted by atomic mass is 10.2. The lowest BCUT2D eigenvalue weighted by Gasteiger charge is -2.22. The number of β-amino-alcohol motifs (C(OH)–C–C–N with tert-alkyl or cyclic N) is 1. The van der Waals surface area contributed by atoms with Crippen LogP contribution in [0.15, 0.2) is 24.3 Å². The first kappa shape index (κ1) is 15.8. The smallest absolute Gasteiger partial charge is 0.321 e. The van der Waals surface area contributed by atoms with Gasteiger partial charge in [-0.15, -0.1) is 0 Å². The zero-order valence-corrected chi connectivity index (χ0v) is 12.3. The summed E-state index contributed by atoms with van der Waals surface area (Å²) in [4.78, 5) is 16.3. The first-order valence-corrected chi connectivity index (χ1v) is 7.41. The number of nitrogens with one attached hydrogen (secondary N) is 1. The average Bonchev–Trinajstić information content (AvgIpc) is 2.73. The second-order valence-corrected chi connectivity index (χ2v) is 5.24. The summed E-state index contributed by atoms with van der Waals surface area (Å²) in [5.41, 5.74) is 7.38. The van der Waals surface area contributed by atoms with Crippen molar-refractivity contribution in [1.29, 1.82) is 0 Å². The molecule has 0 saturated carbocycles. The summed E-state index contributed by atoms with van der Waals surface area (Å²) in [6.07, 6.45) is 0.927. The lowest BCUT2D eigenvalue weighted by Crippen LogP contribution is -2.38. The van der Waals surface area contributed by atoms with Crippen LogP contribution in [0, 0.1) is 0 Å². The van der Waals surface area contributed by atoms with Gasteiger partial charge in [-0.25, -0.2) is 4.79 Å². The van der Waals surface area contributed by atoms with E-state index in [4.69, 9.17) is 10.8 Å². The zero-order chi connectivity index (χ0) is 15.1. The van der Waals surface area contributed by atoms with Gasteiger partial charge in [-0.2, -0.15) is 0 Å². The zero-order valence-electron chi connectivity index (χ0n) is 12.3. The SMILES string of the molecule is NCc1cccc(NC(=O)N2CCCN(CCO)CC2)c1. The molecule has 0 spiro atoms. The molecular formula is C15H24N4O2. The number of carbonyl (C=O) groups is 1. The maximum absolute atomic E-state index is 12.3. The molecule has 2 amide bonds. The van der Waals surface area contributed by atoms with Crippen LogP contribution >= 0.6 is 0 Å². The fourth-order valence-electron chi connectivity index (χ4n) is 2.52. The molecule has 1 aliphatic rings. The molecule has 6 heteroatoms. The highest BCUT2D eigenvalue weighted by atomic mass is 16.3. The van der Waals surface area contributed by atoms with E-state index in [1.165, 1.54) is 0 Å². The number of amides is 2. The van der Waals surface area contributed by atoms with Crippen molar-refractivity contribution in [3.63, 3.8) is 0 Å². The summed E-state index contributed by atoms with van der Waals surface area (Å²) < 4.78 is 0. The monoisotopic (exact) mass is 292 g/mol. The molecule has 1 saturated heterocycles. The number of nitrogens with zero attached hydrogens (tertiary/aromatic N) is 2. The Hall–Kier alpha value is -1.63. The molecule has 1 heterocycles. The van der Waals surface area contributed by atoms with Gasteiger partial charge in [0.1, 0.15) is 0 Å². The molecular weight excluding hydrogens is 268 g/mol. The standard InChI is InChI=1S/C15H24N4O2/c16-12-13-3-1-4-14(11-13)17-15(21)19-6-2-5-18(7-8-19)9-10-20/h1,3-4,11,20H,2,5-10,12,16H2,(H,17,21). The topological polar surface area (TPSA) is 81.8 Å². The predicted octanol–water partition coefficient (Wildman–Crippen LogP) is 0.677. The molecule has 1 aromatic rings. The summed E-state index contributed by atoms with van der Waals surface area (Å²) >= 11 is 0. The van der Waals surface area contributed by atoms with Gasteiger partial charge in [-0.1, -0.05) is 12.1 Å². The Bertz CT molecular complexity index is 467. The van der Waals surface area contributed by atoms with Crippen LogP contribution in [0.3, 0.4) is 0 Å². The number of benzene rings is 1. The highest BCUT2D eigenvalue weighted by Gasteiger charge is 2.18. The maximum Gasteiger partial charge on any atom is 0.321 e. The summed E-state index contributed by atoms with van der Waals surface area (Å²) in [7, 11) is 0. The van der Waals surface area contributed by atoms with Gasteiger partial charge >= 0.3 is 6.03 Å². The Labute approximate surface area is 125 Å². The van der Waals surface area contributed by atoms with Gasteiger partial charge in [0, 0.05) is 38.4 Å². The molecule has 0 aromatic heterocycles. The lowest BCUT2D eigenvalue weighted by molar-refractivity contribution is 0.194. The van der Waals surface area contributed by atoms with Crippen molar-refractivity contribution in [2.24, 2.45) is 5.73 Å². The molecule has 4 N–H and O–H groups in total. The second kappa shape index (κ2) is 7.97. The van der Waals surface area contributed by atoms with E-state index in [0.29, 0.717) is 19.6 Å². The van der Waals surface area contributed by atoms with Crippen LogP contribution in [0.5, 0.6) is 0 Å². The van der Waals surface area contributed by atoms with Crippen molar-refractivity contribution in [2.75, 3.05) is 44.6 Å². The molecule has 6 nitrogen and oxygen atoms in total. The largest absolute Gasteiger partial charge is 0.395 e. The van der Waals surface area contributed by atoms with Gasteiger partial charge in [0.05, 0.1) is 6.61 Å². The van der Waals surface area contributed by atoms with Crippen molar-refractivity contribution in [1.82, 2.24) is 9.80 Å². The van der Waals surface area contributed by atoms with Crippen molar-refractivity contribution < 1.29 is 9.90 Å². The van der Waals surface area contributed by atoms with Crippen LogP contribution in [-0.4, -0.2) is 60.3 Å². The summed E-state index contributed by atoms with van der Waals surface area (Å²) in [5, 5.41) is 11.9. The summed E-state index contributed by atoms with van der Waals surface area (Å²) in [6.45, 7) is 4.45. The molecule has 21 heavy (non-hydrogen) atoms. The van der Waals surface area contributed by atoms with E-state index in [1.807, 2.05) is 29.2 Å². The first-order valence-electron chi connectivity index (χ1n) is 7.41. The molecule has 1 fully saturated rings. The molecule has 0 bridgehead atoms. The number of hydrogen-bond donors (Lipinski definition) is 3. The van der Waals surface area contributed by atoms with Crippen molar-refractivity contribution >= 4 is 11.7 Å². The van der Waals surface area contributed by atoms with Crippen LogP contribution in [0.1, 0.15) is 12.0 Å². The van der Waals surface area contributed by atoms with Crippen LogP contribution in [-0.2, 0) is 6.54 Å². The third kappa shape index (κ3) is 4.70. The summed E-state index contributed by atoms with van der Waals surface area (Å²) in [5.74, 6) is 0. The number of nitrogens with two attached hydrogens (primary N) is 1. The van der Waals surface area contributed by atoms with Crippen LogP contribution in [0.2, 0.25) is 0 Å². The number of aliphatic hydroxyl groups is 1. The molecule has 1 aliphatic heterocycles. The minimum atomic E-state index is -0.0741. The van der Waals surface area contributed by atoms with Gasteiger partial charge in [0.25, 0.3) is 0 Å². The van der Waals surface area contributed by atoms with Crippen LogP contribution in [0.4, 0.5) is 10.5 Å². The quantitative estimate of drug-likeness (QED) is 0.762. The third-order valence-corrected chi connectivity index (χ3v) is 3.71. The number of carbonyl (C=O) groups excluding carboxylic acids is 1. The van der Waals surface area contributed by atoms with Crippen molar-refractivity contribution in [3.8, 4) is 0 Å². The third-order valence-electron chi connectivity index (χ3n) is 3.71. The van der Waals surface area contributed by atoms with Gasteiger partial charge in [0.15, 0.2) is 0 Å². The van der Waals surface area contributed by atoms with E-state index in [0.717, 1.165) is 37.3 Å². The highest BCUT2D eigenvalue weighted by molar-refractivity contribution is 5.89. The minimum absolute atomic E-state index is 0.0741. The molecule has 0 atom stereocenters. The molecule has 0 radical (unpaired) electrons. The fraction of sp³-hybridized carbons (Fsp3) is 0.533. The normalized spacial score (nSPS) is 16.6. The Morgan fingerprint density at radius 2 is 2.14 bits per heavy atom. The van der Waals surface area contributed by atoms with E-state index < -0.39 is 0 Å². The Balaban J connectivity index is 1.90. The van der Waals surface area contributed by atoms with E-state index >= 15 is 0 Å². The van der Waals surface area contributed by atoms with Crippen LogP contribution in [0.25, 0.3) is 0 Å². The first-order chi connectivity index (χ1) is 10.2.